The van der Waals surface area contributed by atoms with Gasteiger partial charge < -0.3 is 9.47 Å². The van der Waals surface area contributed by atoms with Crippen molar-refractivity contribution < 1.29 is 14.3 Å². The van der Waals surface area contributed by atoms with Crippen LogP contribution in [0.4, 0.5) is 0 Å². The van der Waals surface area contributed by atoms with Gasteiger partial charge in [-0.15, -0.1) is 0 Å². The van der Waals surface area contributed by atoms with Crippen molar-refractivity contribution in [3.8, 4) is 5.75 Å². The summed E-state index contributed by atoms with van der Waals surface area (Å²) in [5.41, 5.74) is 0.544. The van der Waals surface area contributed by atoms with E-state index in [9.17, 15) is 4.79 Å². The summed E-state index contributed by atoms with van der Waals surface area (Å²) in [6.07, 6.45) is 0. The summed E-state index contributed by atoms with van der Waals surface area (Å²) in [6.45, 7) is 0. The summed E-state index contributed by atoms with van der Waals surface area (Å²) >= 11 is 4.87. The van der Waals surface area contributed by atoms with Crippen molar-refractivity contribution in [1.29, 1.82) is 0 Å². The van der Waals surface area contributed by atoms with Crippen LogP contribution in [0.25, 0.3) is 0 Å². The minimum absolute atomic E-state index is 0.345. The lowest BCUT2D eigenvalue weighted by molar-refractivity contribution is 0.0596. The van der Waals surface area contributed by atoms with Crippen LogP contribution in [0.2, 0.25) is 0 Å². The second kappa shape index (κ2) is 6.81. The van der Waals surface area contributed by atoms with E-state index in [-0.39, 0.29) is 5.97 Å². The number of esters is 1. The first-order chi connectivity index (χ1) is 9.63. The Morgan fingerprint density at radius 1 is 1.10 bits per heavy atom. The molecule has 0 unspecified atom stereocenters. The number of ether oxygens (including phenoxy) is 2. The van der Waals surface area contributed by atoms with Gasteiger partial charge in [0.05, 0.1) is 19.8 Å². The van der Waals surface area contributed by atoms with Crippen molar-refractivity contribution in [3.63, 3.8) is 0 Å². The molecule has 3 nitrogen and oxygen atoms in total. The minimum Gasteiger partial charge on any atom is -0.497 e. The number of carbonyl (C=O) groups excluding carboxylic acids is 1. The third-order valence-corrected chi connectivity index (χ3v) is 4.21. The van der Waals surface area contributed by atoms with Gasteiger partial charge >= 0.3 is 5.97 Å². The van der Waals surface area contributed by atoms with Crippen LogP contribution in [0, 0.1) is 0 Å². The number of hydrogen-bond donors (Lipinski definition) is 0. The SMILES string of the molecule is COC(=O)c1cc(Br)ccc1Sc1ccc(OC)cc1. The number of benzene rings is 2. The van der Waals surface area contributed by atoms with Crippen LogP contribution in [0.3, 0.4) is 0 Å². The number of hydrogen-bond acceptors (Lipinski definition) is 4. The van der Waals surface area contributed by atoms with Crippen LogP contribution < -0.4 is 4.74 Å². The van der Waals surface area contributed by atoms with Crippen LogP contribution in [0.15, 0.2) is 56.7 Å². The molecule has 2 aromatic carbocycles. The summed E-state index contributed by atoms with van der Waals surface area (Å²) in [7, 11) is 3.01. The standard InChI is InChI=1S/C15H13BrO3S/c1-18-11-4-6-12(7-5-11)20-14-8-3-10(16)9-13(14)15(17)19-2/h3-9H,1-2H3. The van der Waals surface area contributed by atoms with Gasteiger partial charge in [-0.3, -0.25) is 0 Å². The Kier molecular flexibility index (Phi) is 5.09. The van der Waals surface area contributed by atoms with Gasteiger partial charge in [0, 0.05) is 14.3 Å². The quantitative estimate of drug-likeness (QED) is 0.764. The Bertz CT molecular complexity index is 611. The second-order valence-corrected chi connectivity index (χ2v) is 5.94. The predicted octanol–water partition coefficient (Wildman–Crippen LogP) is 4.40. The van der Waals surface area contributed by atoms with Crippen LogP contribution in [0.1, 0.15) is 10.4 Å². The highest BCUT2D eigenvalue weighted by Gasteiger charge is 2.13. The molecule has 0 saturated heterocycles. The van der Waals surface area contributed by atoms with Gasteiger partial charge in [0.1, 0.15) is 5.75 Å². The Hall–Kier alpha value is -1.46. The van der Waals surface area contributed by atoms with Crippen molar-refractivity contribution in [3.05, 3.63) is 52.5 Å². The van der Waals surface area contributed by atoms with Gasteiger partial charge in [0.25, 0.3) is 0 Å². The van der Waals surface area contributed by atoms with Gasteiger partial charge in [0.2, 0.25) is 0 Å². The fourth-order valence-corrected chi connectivity index (χ4v) is 2.91. The van der Waals surface area contributed by atoms with E-state index < -0.39 is 0 Å². The molecule has 5 heteroatoms. The van der Waals surface area contributed by atoms with Crippen LogP contribution in [0.5, 0.6) is 5.75 Å². The molecule has 0 fully saturated rings. The molecule has 0 atom stereocenters. The van der Waals surface area contributed by atoms with Crippen LogP contribution in [-0.2, 0) is 4.74 Å². The molecule has 0 spiro atoms. The Balaban J connectivity index is 2.30. The Morgan fingerprint density at radius 3 is 2.40 bits per heavy atom. The lowest BCUT2D eigenvalue weighted by atomic mass is 10.2. The van der Waals surface area contributed by atoms with E-state index in [0.29, 0.717) is 5.56 Å². The van der Waals surface area contributed by atoms with Crippen molar-refractivity contribution in [2.24, 2.45) is 0 Å². The monoisotopic (exact) mass is 352 g/mol. The van der Waals surface area contributed by atoms with Crippen molar-refractivity contribution in [1.82, 2.24) is 0 Å². The van der Waals surface area contributed by atoms with Gasteiger partial charge in [0.15, 0.2) is 0 Å². The second-order valence-electron chi connectivity index (χ2n) is 3.91. The lowest BCUT2D eigenvalue weighted by Crippen LogP contribution is -2.03. The van der Waals surface area contributed by atoms with Crippen LogP contribution >= 0.6 is 27.7 Å². The zero-order chi connectivity index (χ0) is 14.5. The third-order valence-electron chi connectivity index (χ3n) is 2.63. The van der Waals surface area contributed by atoms with E-state index in [1.807, 2.05) is 36.4 Å². The smallest absolute Gasteiger partial charge is 0.339 e. The van der Waals surface area contributed by atoms with E-state index in [4.69, 9.17) is 9.47 Å². The predicted molar refractivity (Wildman–Crippen MR) is 82.6 cm³/mol. The van der Waals surface area contributed by atoms with Crippen LogP contribution in [-0.4, -0.2) is 20.2 Å². The Morgan fingerprint density at radius 2 is 1.80 bits per heavy atom. The maximum absolute atomic E-state index is 11.8. The van der Waals surface area contributed by atoms with Gasteiger partial charge in [-0.1, -0.05) is 27.7 Å². The molecule has 0 saturated carbocycles. The molecule has 0 heterocycles. The summed E-state index contributed by atoms with van der Waals surface area (Å²) in [6, 6.07) is 13.2. The molecule has 20 heavy (non-hydrogen) atoms. The zero-order valence-corrected chi connectivity index (χ0v) is 13.5. The first kappa shape index (κ1) is 14.9. The first-order valence-corrected chi connectivity index (χ1v) is 7.44. The maximum Gasteiger partial charge on any atom is 0.339 e. The van der Waals surface area contributed by atoms with E-state index >= 15 is 0 Å². The lowest BCUT2D eigenvalue weighted by Gasteiger charge is -2.08. The summed E-state index contributed by atoms with van der Waals surface area (Å²) in [5, 5.41) is 0. The summed E-state index contributed by atoms with van der Waals surface area (Å²) in [5.74, 6) is 0.459. The fraction of sp³-hybridized carbons (Fsp3) is 0.133. The molecule has 0 aromatic heterocycles. The molecule has 0 amide bonds. The molecular weight excluding hydrogens is 340 g/mol. The molecule has 0 radical (unpaired) electrons. The van der Waals surface area contributed by atoms with Crippen molar-refractivity contribution >= 4 is 33.7 Å². The van der Waals surface area contributed by atoms with E-state index in [0.717, 1.165) is 20.0 Å². The number of halogens is 1. The van der Waals surface area contributed by atoms with Gasteiger partial charge in [-0.2, -0.15) is 0 Å². The fourth-order valence-electron chi connectivity index (χ4n) is 1.63. The molecule has 2 aromatic rings. The van der Waals surface area contributed by atoms with E-state index in [2.05, 4.69) is 15.9 Å². The zero-order valence-electron chi connectivity index (χ0n) is 11.1. The highest BCUT2D eigenvalue weighted by molar-refractivity contribution is 9.10. The molecule has 0 aliphatic carbocycles. The van der Waals surface area contributed by atoms with E-state index in [1.165, 1.54) is 18.9 Å². The average molecular weight is 353 g/mol. The molecule has 0 aliphatic heterocycles. The number of methoxy groups -OCH3 is 2. The number of rotatable bonds is 4. The maximum atomic E-state index is 11.8. The molecule has 0 bridgehead atoms. The molecule has 2 rings (SSSR count). The number of carbonyl (C=O) groups is 1. The molecule has 0 N–H and O–H groups in total. The first-order valence-electron chi connectivity index (χ1n) is 5.84. The molecule has 104 valence electrons. The topological polar surface area (TPSA) is 35.5 Å². The minimum atomic E-state index is -0.345. The van der Waals surface area contributed by atoms with E-state index in [1.54, 1.807) is 13.2 Å². The average Bonchev–Trinajstić information content (AvgIpc) is 2.49. The highest BCUT2D eigenvalue weighted by atomic mass is 79.9. The highest BCUT2D eigenvalue weighted by Crippen LogP contribution is 2.33. The van der Waals surface area contributed by atoms with Gasteiger partial charge in [-0.25, -0.2) is 4.79 Å². The largest absolute Gasteiger partial charge is 0.497 e. The van der Waals surface area contributed by atoms with Crippen molar-refractivity contribution in [2.45, 2.75) is 9.79 Å². The van der Waals surface area contributed by atoms with Crippen molar-refractivity contribution in [2.75, 3.05) is 14.2 Å². The molecule has 0 aliphatic rings. The Labute approximate surface area is 130 Å². The third kappa shape index (κ3) is 3.55. The summed E-state index contributed by atoms with van der Waals surface area (Å²) < 4.78 is 10.8. The van der Waals surface area contributed by atoms with Gasteiger partial charge in [-0.05, 0) is 42.5 Å². The summed E-state index contributed by atoms with van der Waals surface area (Å²) in [4.78, 5) is 13.7. The normalized spacial score (nSPS) is 10.2. The molecular formula is C15H13BrO3S.